The monoisotopic (exact) mass is 304 g/mol. The number of para-hydroxylation sites is 1. The van der Waals surface area contributed by atoms with E-state index in [1.54, 1.807) is 4.90 Å². The molecule has 2 rings (SSSR count). The van der Waals surface area contributed by atoms with Gasteiger partial charge in [-0.1, -0.05) is 18.2 Å². The third-order valence-electron chi connectivity index (χ3n) is 2.91. The Morgan fingerprint density at radius 1 is 1.16 bits per heavy atom. The molecule has 0 bridgehead atoms. The maximum Gasteiger partial charge on any atom is 0.241 e. The van der Waals surface area contributed by atoms with Gasteiger partial charge < -0.3 is 10.2 Å². The van der Waals surface area contributed by atoms with Crippen LogP contribution in [-0.2, 0) is 14.6 Å². The van der Waals surface area contributed by atoms with Crippen molar-refractivity contribution >= 4 is 33.8 Å². The van der Waals surface area contributed by atoms with E-state index in [9.17, 15) is 13.2 Å². The molecule has 0 radical (unpaired) electrons. The minimum absolute atomic E-state index is 0. The van der Waals surface area contributed by atoms with Crippen LogP contribution in [0.4, 0.5) is 5.69 Å². The summed E-state index contributed by atoms with van der Waals surface area (Å²) >= 11 is 0. The Bertz CT molecular complexity index is 505. The summed E-state index contributed by atoms with van der Waals surface area (Å²) in [6.45, 7) is 0.805. The van der Waals surface area contributed by atoms with E-state index in [0.29, 0.717) is 13.1 Å². The Hall–Kier alpha value is -1.27. The van der Waals surface area contributed by atoms with E-state index in [0.717, 1.165) is 5.69 Å². The highest BCUT2D eigenvalue weighted by atomic mass is 35.5. The van der Waals surface area contributed by atoms with Crippen LogP contribution in [0, 0.1) is 0 Å². The molecule has 1 amide bonds. The van der Waals surface area contributed by atoms with Gasteiger partial charge in [0.1, 0.15) is 0 Å². The predicted octanol–water partition coefficient (Wildman–Crippen LogP) is 0.777. The first kappa shape index (κ1) is 15.8. The van der Waals surface area contributed by atoms with Gasteiger partial charge >= 0.3 is 0 Å². The molecule has 19 heavy (non-hydrogen) atoms. The van der Waals surface area contributed by atoms with Crippen LogP contribution in [0.2, 0.25) is 0 Å². The van der Waals surface area contributed by atoms with Crippen LogP contribution in [0.25, 0.3) is 0 Å². The molecule has 1 fully saturated rings. The third-order valence-corrected chi connectivity index (χ3v) is 4.52. The third kappa shape index (κ3) is 4.72. The molecule has 1 N–H and O–H groups in total. The minimum Gasteiger partial charge on any atom is -0.376 e. The molecule has 0 aliphatic carbocycles. The summed E-state index contributed by atoms with van der Waals surface area (Å²) in [4.78, 5) is 13.4. The van der Waals surface area contributed by atoms with E-state index in [2.05, 4.69) is 5.32 Å². The molecule has 0 saturated carbocycles. The van der Waals surface area contributed by atoms with Crippen LogP contribution in [0.15, 0.2) is 30.3 Å². The summed E-state index contributed by atoms with van der Waals surface area (Å²) in [6, 6.07) is 9.45. The maximum absolute atomic E-state index is 11.9. The van der Waals surface area contributed by atoms with Gasteiger partial charge in [0.25, 0.3) is 0 Å². The smallest absolute Gasteiger partial charge is 0.241 e. The van der Waals surface area contributed by atoms with Crippen LogP contribution in [0.3, 0.4) is 0 Å². The largest absolute Gasteiger partial charge is 0.376 e. The molecule has 0 unspecified atom stereocenters. The molecule has 1 heterocycles. The summed E-state index contributed by atoms with van der Waals surface area (Å²) in [5, 5.41) is 3.02. The highest BCUT2D eigenvalue weighted by Gasteiger charge is 2.24. The van der Waals surface area contributed by atoms with Crippen molar-refractivity contribution in [3.05, 3.63) is 30.3 Å². The summed E-state index contributed by atoms with van der Waals surface area (Å²) in [7, 11) is -2.93. The van der Waals surface area contributed by atoms with E-state index in [4.69, 9.17) is 0 Å². The molecule has 0 aromatic heterocycles. The Morgan fingerprint density at radius 2 is 1.74 bits per heavy atom. The van der Waals surface area contributed by atoms with E-state index in [1.165, 1.54) is 0 Å². The van der Waals surface area contributed by atoms with E-state index >= 15 is 0 Å². The zero-order valence-corrected chi connectivity index (χ0v) is 12.0. The van der Waals surface area contributed by atoms with Crippen molar-refractivity contribution in [2.75, 3.05) is 36.5 Å². The SMILES string of the molecule is Cl.O=C(CNc1ccccc1)N1CCS(=O)(=O)CC1. The lowest BCUT2D eigenvalue weighted by Crippen LogP contribution is -2.45. The molecule has 1 aromatic carbocycles. The number of sulfone groups is 1. The van der Waals surface area contributed by atoms with Crippen molar-refractivity contribution in [1.29, 1.82) is 0 Å². The molecule has 1 aliphatic rings. The molecule has 7 heteroatoms. The van der Waals surface area contributed by atoms with E-state index in [-0.39, 0.29) is 36.4 Å². The average molecular weight is 305 g/mol. The number of nitrogens with zero attached hydrogens (tertiary/aromatic N) is 1. The summed E-state index contributed by atoms with van der Waals surface area (Å²) < 4.78 is 22.5. The Kier molecular flexibility index (Phi) is 5.62. The highest BCUT2D eigenvalue weighted by Crippen LogP contribution is 2.07. The fraction of sp³-hybridized carbons (Fsp3) is 0.417. The molecule has 0 spiro atoms. The summed E-state index contributed by atoms with van der Waals surface area (Å²) in [5.74, 6) is 0.0856. The zero-order valence-electron chi connectivity index (χ0n) is 10.4. The number of carbonyl (C=O) groups excluding carboxylic acids is 1. The summed E-state index contributed by atoms with van der Waals surface area (Å²) in [5.41, 5.74) is 0.885. The van der Waals surface area contributed by atoms with Crippen molar-refractivity contribution in [1.82, 2.24) is 4.90 Å². The Morgan fingerprint density at radius 3 is 2.32 bits per heavy atom. The van der Waals surface area contributed by atoms with Crippen LogP contribution in [-0.4, -0.2) is 50.4 Å². The number of benzene rings is 1. The molecule has 1 aromatic rings. The average Bonchev–Trinajstić information content (AvgIpc) is 2.37. The number of hydrogen-bond acceptors (Lipinski definition) is 4. The molecule has 1 aliphatic heterocycles. The zero-order chi connectivity index (χ0) is 13.0. The first-order valence-corrected chi connectivity index (χ1v) is 7.66. The number of nitrogens with one attached hydrogen (secondary N) is 1. The second-order valence-electron chi connectivity index (χ2n) is 4.25. The lowest BCUT2D eigenvalue weighted by atomic mass is 10.3. The van der Waals surface area contributed by atoms with Gasteiger partial charge in [0.2, 0.25) is 5.91 Å². The second kappa shape index (κ2) is 6.77. The molecular formula is C12H17ClN2O3S. The minimum atomic E-state index is -2.93. The molecular weight excluding hydrogens is 288 g/mol. The number of anilines is 1. The fourth-order valence-electron chi connectivity index (χ4n) is 1.81. The highest BCUT2D eigenvalue weighted by molar-refractivity contribution is 7.91. The summed E-state index contributed by atoms with van der Waals surface area (Å²) in [6.07, 6.45) is 0. The molecule has 5 nitrogen and oxygen atoms in total. The lowest BCUT2D eigenvalue weighted by molar-refractivity contribution is -0.128. The number of rotatable bonds is 3. The van der Waals surface area contributed by atoms with Gasteiger partial charge in [-0.05, 0) is 12.1 Å². The quantitative estimate of drug-likeness (QED) is 0.896. The number of hydrogen-bond donors (Lipinski definition) is 1. The van der Waals surface area contributed by atoms with Crippen LogP contribution >= 0.6 is 12.4 Å². The normalized spacial score (nSPS) is 17.4. The van der Waals surface area contributed by atoms with Gasteiger partial charge in [-0.3, -0.25) is 4.79 Å². The topological polar surface area (TPSA) is 66.5 Å². The van der Waals surface area contributed by atoms with Gasteiger partial charge in [-0.15, -0.1) is 12.4 Å². The molecule has 0 atom stereocenters. The van der Waals surface area contributed by atoms with Gasteiger partial charge in [0.15, 0.2) is 9.84 Å². The Balaban J connectivity index is 0.00000180. The lowest BCUT2D eigenvalue weighted by Gasteiger charge is -2.26. The van der Waals surface area contributed by atoms with Crippen molar-refractivity contribution in [3.8, 4) is 0 Å². The van der Waals surface area contributed by atoms with Crippen LogP contribution < -0.4 is 5.32 Å². The first-order chi connectivity index (χ1) is 8.57. The van der Waals surface area contributed by atoms with Gasteiger partial charge in [0.05, 0.1) is 18.1 Å². The Labute approximate surface area is 119 Å². The first-order valence-electron chi connectivity index (χ1n) is 5.84. The van der Waals surface area contributed by atoms with Gasteiger partial charge in [0, 0.05) is 18.8 Å². The van der Waals surface area contributed by atoms with Crippen LogP contribution in [0.5, 0.6) is 0 Å². The van der Waals surface area contributed by atoms with Crippen molar-refractivity contribution in [3.63, 3.8) is 0 Å². The fourth-order valence-corrected chi connectivity index (χ4v) is 3.01. The molecule has 106 valence electrons. The van der Waals surface area contributed by atoms with Crippen molar-refractivity contribution < 1.29 is 13.2 Å². The van der Waals surface area contributed by atoms with Crippen LogP contribution in [0.1, 0.15) is 0 Å². The van der Waals surface area contributed by atoms with Gasteiger partial charge in [-0.2, -0.15) is 0 Å². The molecule has 1 saturated heterocycles. The number of carbonyl (C=O) groups is 1. The van der Waals surface area contributed by atoms with Crippen molar-refractivity contribution in [2.45, 2.75) is 0 Å². The van der Waals surface area contributed by atoms with E-state index in [1.807, 2.05) is 30.3 Å². The van der Waals surface area contributed by atoms with Gasteiger partial charge in [-0.25, -0.2) is 8.42 Å². The standard InChI is InChI=1S/C12H16N2O3S.ClH/c15-12(10-13-11-4-2-1-3-5-11)14-6-8-18(16,17)9-7-14;/h1-5,13H,6-10H2;1H. The predicted molar refractivity (Wildman–Crippen MR) is 77.4 cm³/mol. The maximum atomic E-state index is 11.9. The van der Waals surface area contributed by atoms with E-state index < -0.39 is 9.84 Å². The second-order valence-corrected chi connectivity index (χ2v) is 6.56. The van der Waals surface area contributed by atoms with Crippen molar-refractivity contribution in [2.24, 2.45) is 0 Å². The number of halogens is 1. The number of amides is 1.